The second kappa shape index (κ2) is 3.85. The molecule has 92 valence electrons. The molecule has 2 atom stereocenters. The Morgan fingerprint density at radius 3 is 2.75 bits per heavy atom. The molecule has 0 aliphatic carbocycles. The minimum absolute atomic E-state index is 0.235. The van der Waals surface area contributed by atoms with Gasteiger partial charge in [-0.05, 0) is 24.7 Å². The van der Waals surface area contributed by atoms with Gasteiger partial charge in [0.1, 0.15) is 0 Å². The van der Waals surface area contributed by atoms with Crippen LogP contribution in [0.15, 0.2) is 12.2 Å². The number of nitrogens with zero attached hydrogens (tertiary/aromatic N) is 1. The highest BCUT2D eigenvalue weighted by Crippen LogP contribution is 2.48. The van der Waals surface area contributed by atoms with Gasteiger partial charge in [-0.15, -0.1) is 0 Å². The molecule has 16 heavy (non-hydrogen) atoms. The molecule has 0 saturated carbocycles. The fourth-order valence-electron chi connectivity index (χ4n) is 3.51. The SMILES string of the molecule is C=C1CCN2C[C@H](OC)C[C@@]12CC(C)(C)C. The number of methoxy groups -OCH3 is 1. The first-order valence-electron chi connectivity index (χ1n) is 6.33. The smallest absolute Gasteiger partial charge is 0.0719 e. The zero-order valence-corrected chi connectivity index (χ0v) is 11.2. The van der Waals surface area contributed by atoms with Gasteiger partial charge in [0.15, 0.2) is 0 Å². The molecule has 0 bridgehead atoms. The van der Waals surface area contributed by atoms with E-state index in [-0.39, 0.29) is 5.54 Å². The largest absolute Gasteiger partial charge is 0.380 e. The van der Waals surface area contributed by atoms with Crippen LogP contribution in [0.25, 0.3) is 0 Å². The van der Waals surface area contributed by atoms with Crippen molar-refractivity contribution >= 4 is 0 Å². The first kappa shape index (κ1) is 12.1. The molecular formula is C14H25NO. The van der Waals surface area contributed by atoms with Gasteiger partial charge in [-0.2, -0.15) is 0 Å². The zero-order chi connectivity index (χ0) is 12.0. The first-order chi connectivity index (χ1) is 7.37. The molecule has 2 heterocycles. The Kier molecular flexibility index (Phi) is 2.92. The van der Waals surface area contributed by atoms with Crippen molar-refractivity contribution in [2.75, 3.05) is 20.2 Å². The van der Waals surface area contributed by atoms with E-state index in [4.69, 9.17) is 4.74 Å². The molecule has 2 aliphatic heterocycles. The number of fused-ring (bicyclic) bond motifs is 1. The summed E-state index contributed by atoms with van der Waals surface area (Å²) in [6.45, 7) is 13.6. The highest BCUT2D eigenvalue weighted by atomic mass is 16.5. The van der Waals surface area contributed by atoms with Crippen LogP contribution in [0.1, 0.15) is 40.0 Å². The predicted octanol–water partition coefficient (Wildman–Crippen LogP) is 2.84. The molecule has 0 spiro atoms. The lowest BCUT2D eigenvalue weighted by atomic mass is 9.75. The summed E-state index contributed by atoms with van der Waals surface area (Å²) in [6, 6.07) is 0. The van der Waals surface area contributed by atoms with E-state index >= 15 is 0 Å². The first-order valence-corrected chi connectivity index (χ1v) is 6.33. The average Bonchev–Trinajstić information content (AvgIpc) is 2.62. The minimum atomic E-state index is 0.235. The van der Waals surface area contributed by atoms with Crippen molar-refractivity contribution in [1.29, 1.82) is 0 Å². The minimum Gasteiger partial charge on any atom is -0.380 e. The van der Waals surface area contributed by atoms with E-state index in [1.165, 1.54) is 25.0 Å². The van der Waals surface area contributed by atoms with Crippen molar-refractivity contribution in [3.8, 4) is 0 Å². The van der Waals surface area contributed by atoms with Crippen molar-refractivity contribution in [2.24, 2.45) is 5.41 Å². The Bertz CT molecular complexity index is 292. The Balaban J connectivity index is 2.23. The summed E-state index contributed by atoms with van der Waals surface area (Å²) in [6.07, 6.45) is 3.92. The van der Waals surface area contributed by atoms with Crippen molar-refractivity contribution in [1.82, 2.24) is 4.90 Å². The maximum atomic E-state index is 5.55. The van der Waals surface area contributed by atoms with Gasteiger partial charge in [0, 0.05) is 25.7 Å². The van der Waals surface area contributed by atoms with Crippen LogP contribution in [0, 0.1) is 5.41 Å². The molecule has 0 amide bonds. The summed E-state index contributed by atoms with van der Waals surface area (Å²) in [5.41, 5.74) is 2.02. The molecule has 2 fully saturated rings. The summed E-state index contributed by atoms with van der Waals surface area (Å²) in [5, 5.41) is 0. The Hall–Kier alpha value is -0.340. The molecule has 2 saturated heterocycles. The van der Waals surface area contributed by atoms with Gasteiger partial charge in [0.2, 0.25) is 0 Å². The van der Waals surface area contributed by atoms with Crippen LogP contribution in [-0.4, -0.2) is 36.7 Å². The highest BCUT2D eigenvalue weighted by Gasteiger charge is 2.52. The van der Waals surface area contributed by atoms with Gasteiger partial charge < -0.3 is 4.74 Å². The third-order valence-electron chi connectivity index (χ3n) is 4.09. The van der Waals surface area contributed by atoms with Crippen molar-refractivity contribution in [3.05, 3.63) is 12.2 Å². The van der Waals surface area contributed by atoms with Gasteiger partial charge in [0.25, 0.3) is 0 Å². The van der Waals surface area contributed by atoms with Crippen LogP contribution >= 0.6 is 0 Å². The van der Waals surface area contributed by atoms with Gasteiger partial charge in [0.05, 0.1) is 6.10 Å². The van der Waals surface area contributed by atoms with Crippen molar-refractivity contribution in [2.45, 2.75) is 51.7 Å². The number of ether oxygens (including phenoxy) is 1. The van der Waals surface area contributed by atoms with E-state index in [1.807, 2.05) is 7.11 Å². The van der Waals surface area contributed by atoms with Crippen LogP contribution < -0.4 is 0 Å². The second-order valence-corrected chi connectivity index (χ2v) is 6.63. The van der Waals surface area contributed by atoms with Gasteiger partial charge in [-0.1, -0.05) is 32.9 Å². The lowest BCUT2D eigenvalue weighted by molar-refractivity contribution is 0.108. The molecule has 0 radical (unpaired) electrons. The molecule has 2 nitrogen and oxygen atoms in total. The van der Waals surface area contributed by atoms with Gasteiger partial charge in [-0.25, -0.2) is 0 Å². The molecule has 2 rings (SSSR count). The quantitative estimate of drug-likeness (QED) is 0.667. The topological polar surface area (TPSA) is 12.5 Å². The summed E-state index contributed by atoms with van der Waals surface area (Å²) in [5.74, 6) is 0. The lowest BCUT2D eigenvalue weighted by Crippen LogP contribution is -2.42. The summed E-state index contributed by atoms with van der Waals surface area (Å²) in [4.78, 5) is 2.61. The summed E-state index contributed by atoms with van der Waals surface area (Å²) >= 11 is 0. The standard InChI is InChI=1S/C14H25NO/c1-11-6-7-15-9-12(16-5)8-14(11,15)10-13(2,3)4/h12H,1,6-10H2,2-5H3/t12-,14-/m1/s1. The highest BCUT2D eigenvalue weighted by molar-refractivity contribution is 5.27. The van der Waals surface area contributed by atoms with Crippen LogP contribution in [0.3, 0.4) is 0 Å². The summed E-state index contributed by atoms with van der Waals surface area (Å²) in [7, 11) is 1.83. The van der Waals surface area contributed by atoms with Gasteiger partial charge in [-0.3, -0.25) is 4.90 Å². The Labute approximate surface area is 99.7 Å². The molecule has 0 unspecified atom stereocenters. The maximum absolute atomic E-state index is 5.55. The van der Waals surface area contributed by atoms with E-state index in [0.29, 0.717) is 11.5 Å². The van der Waals surface area contributed by atoms with E-state index < -0.39 is 0 Å². The van der Waals surface area contributed by atoms with Gasteiger partial charge >= 0.3 is 0 Å². The van der Waals surface area contributed by atoms with Crippen molar-refractivity contribution in [3.63, 3.8) is 0 Å². The fraction of sp³-hybridized carbons (Fsp3) is 0.857. The third kappa shape index (κ3) is 1.93. The third-order valence-corrected chi connectivity index (χ3v) is 4.09. The fourth-order valence-corrected chi connectivity index (χ4v) is 3.51. The van der Waals surface area contributed by atoms with Crippen LogP contribution in [0.2, 0.25) is 0 Å². The van der Waals surface area contributed by atoms with Crippen LogP contribution in [0.5, 0.6) is 0 Å². The molecule has 0 aromatic rings. The number of hydrogen-bond donors (Lipinski definition) is 0. The number of rotatable bonds is 2. The van der Waals surface area contributed by atoms with E-state index in [0.717, 1.165) is 13.0 Å². The zero-order valence-electron chi connectivity index (χ0n) is 11.2. The number of hydrogen-bond acceptors (Lipinski definition) is 2. The molecule has 0 aromatic heterocycles. The maximum Gasteiger partial charge on any atom is 0.0719 e. The van der Waals surface area contributed by atoms with E-state index in [1.54, 1.807) is 0 Å². The monoisotopic (exact) mass is 223 g/mol. The molecule has 2 aliphatic rings. The predicted molar refractivity (Wildman–Crippen MR) is 67.5 cm³/mol. The molecule has 0 N–H and O–H groups in total. The molecular weight excluding hydrogens is 198 g/mol. The van der Waals surface area contributed by atoms with Crippen LogP contribution in [0.4, 0.5) is 0 Å². The van der Waals surface area contributed by atoms with E-state index in [9.17, 15) is 0 Å². The lowest BCUT2D eigenvalue weighted by Gasteiger charge is -2.38. The Morgan fingerprint density at radius 2 is 2.19 bits per heavy atom. The molecule has 0 aromatic carbocycles. The second-order valence-electron chi connectivity index (χ2n) is 6.63. The summed E-state index contributed by atoms with van der Waals surface area (Å²) < 4.78 is 5.55. The normalized spacial score (nSPS) is 35.8. The van der Waals surface area contributed by atoms with Crippen molar-refractivity contribution < 1.29 is 4.74 Å². The Morgan fingerprint density at radius 1 is 1.50 bits per heavy atom. The average molecular weight is 223 g/mol. The molecule has 2 heteroatoms. The van der Waals surface area contributed by atoms with Crippen LogP contribution in [-0.2, 0) is 4.74 Å². The van der Waals surface area contributed by atoms with E-state index in [2.05, 4.69) is 32.3 Å².